The van der Waals surface area contributed by atoms with Crippen LogP contribution < -0.4 is 0 Å². The molecule has 0 aliphatic heterocycles. The monoisotopic (exact) mass is 886 g/mol. The second-order valence-electron chi connectivity index (χ2n) is 20.6. The van der Waals surface area contributed by atoms with Crippen LogP contribution in [0.2, 0.25) is 0 Å². The molecular weight excluding hydrogens is 837 g/mol. The predicted molar refractivity (Wildman–Crippen MR) is 283 cm³/mol. The first-order valence-corrected chi connectivity index (χ1v) is 24.1. The number of fused-ring (bicyclic) bond motifs is 9. The topological polar surface area (TPSA) is 51.6 Å². The Labute approximate surface area is 404 Å². The zero-order valence-electron chi connectivity index (χ0n) is 39.8. The zero-order valence-corrected chi connectivity index (χ0v) is 39.8. The molecule has 0 radical (unpaired) electrons. The molecule has 0 N–H and O–H groups in total. The molecule has 13 rings (SSSR count). The highest BCUT2D eigenvalue weighted by Crippen LogP contribution is 2.54. The van der Waals surface area contributed by atoms with E-state index in [0.29, 0.717) is 0 Å². The van der Waals surface area contributed by atoms with E-state index in [1.54, 1.807) is 0 Å². The lowest BCUT2D eigenvalue weighted by atomic mass is 9.80. The van der Waals surface area contributed by atoms with Crippen molar-refractivity contribution in [3.63, 3.8) is 0 Å². The maximum absolute atomic E-state index is 5.32. The molecule has 4 nitrogen and oxygen atoms in total. The lowest BCUT2D eigenvalue weighted by Gasteiger charge is -2.24. The fourth-order valence-corrected chi connectivity index (χ4v) is 11.8. The summed E-state index contributed by atoms with van der Waals surface area (Å²) in [5.74, 6) is 1.50. The Morgan fingerprint density at radius 2 is 0.580 bits per heavy atom. The molecule has 10 aromatic rings. The van der Waals surface area contributed by atoms with E-state index >= 15 is 0 Å². The molecule has 4 heteroatoms. The average Bonchev–Trinajstić information content (AvgIpc) is 3.88. The Hall–Kier alpha value is -8.08. The summed E-state index contributed by atoms with van der Waals surface area (Å²) >= 11 is 0. The van der Waals surface area contributed by atoms with E-state index < -0.39 is 0 Å². The second kappa shape index (κ2) is 15.0. The van der Waals surface area contributed by atoms with E-state index in [1.165, 1.54) is 77.9 Å². The van der Waals surface area contributed by atoms with Gasteiger partial charge in [0.2, 0.25) is 0 Å². The van der Waals surface area contributed by atoms with E-state index in [2.05, 4.69) is 224 Å². The molecule has 0 atom stereocenters. The van der Waals surface area contributed by atoms with Gasteiger partial charge in [-0.15, -0.1) is 0 Å². The molecule has 0 amide bonds. The average molecular weight is 887 g/mol. The number of aromatic nitrogens is 4. The molecule has 3 aliphatic rings. The highest BCUT2D eigenvalue weighted by Gasteiger charge is 2.42. The number of hydrogen-bond acceptors (Lipinski definition) is 4. The van der Waals surface area contributed by atoms with Crippen LogP contribution in [0.1, 0.15) is 74.9 Å². The summed E-state index contributed by atoms with van der Waals surface area (Å²) in [6, 6.07) is 70.2. The lowest BCUT2D eigenvalue weighted by molar-refractivity contribution is 0.657. The van der Waals surface area contributed by atoms with Crippen molar-refractivity contribution in [2.75, 3.05) is 0 Å². The molecule has 8 aromatic carbocycles. The van der Waals surface area contributed by atoms with Gasteiger partial charge in [-0.1, -0.05) is 224 Å². The normalized spacial score (nSPS) is 14.9. The van der Waals surface area contributed by atoms with Gasteiger partial charge in [-0.25, -0.2) is 19.9 Å². The first-order valence-electron chi connectivity index (χ1n) is 24.1. The van der Waals surface area contributed by atoms with Crippen LogP contribution in [0.5, 0.6) is 0 Å². The molecule has 330 valence electrons. The van der Waals surface area contributed by atoms with Crippen LogP contribution in [0.3, 0.4) is 0 Å². The van der Waals surface area contributed by atoms with Crippen molar-refractivity contribution in [1.82, 2.24) is 19.9 Å². The van der Waals surface area contributed by atoms with Gasteiger partial charge in [0.25, 0.3) is 0 Å². The van der Waals surface area contributed by atoms with E-state index in [-0.39, 0.29) is 16.2 Å². The van der Waals surface area contributed by atoms with Crippen LogP contribution in [0, 0.1) is 0 Å². The fraction of sp³-hybridized carbons (Fsp3) is 0.138. The Bertz CT molecular complexity index is 3470. The number of nitrogens with zero attached hydrogens (tertiary/aromatic N) is 4. The third kappa shape index (κ3) is 6.21. The fourth-order valence-electron chi connectivity index (χ4n) is 11.8. The van der Waals surface area contributed by atoms with E-state index in [0.717, 1.165) is 56.7 Å². The van der Waals surface area contributed by atoms with Gasteiger partial charge >= 0.3 is 0 Å². The number of rotatable bonds is 6. The van der Waals surface area contributed by atoms with Crippen molar-refractivity contribution in [1.29, 1.82) is 0 Å². The van der Waals surface area contributed by atoms with Gasteiger partial charge in [0.15, 0.2) is 11.6 Å². The second-order valence-corrected chi connectivity index (χ2v) is 20.6. The minimum atomic E-state index is -0.241. The highest BCUT2D eigenvalue weighted by atomic mass is 14.9. The summed E-state index contributed by atoms with van der Waals surface area (Å²) in [6.07, 6.45) is 0. The summed E-state index contributed by atoms with van der Waals surface area (Å²) < 4.78 is 0. The molecule has 0 bridgehead atoms. The Morgan fingerprint density at radius 1 is 0.246 bits per heavy atom. The third-order valence-electron chi connectivity index (χ3n) is 15.5. The van der Waals surface area contributed by atoms with Crippen LogP contribution >= 0.6 is 0 Å². The predicted octanol–water partition coefficient (Wildman–Crippen LogP) is 16.2. The maximum Gasteiger partial charge on any atom is 0.160 e. The largest absolute Gasteiger partial charge is 0.228 e. The number of hydrogen-bond donors (Lipinski definition) is 0. The van der Waals surface area contributed by atoms with Gasteiger partial charge in [-0.3, -0.25) is 0 Å². The van der Waals surface area contributed by atoms with Crippen LogP contribution in [0.25, 0.3) is 101 Å². The van der Waals surface area contributed by atoms with E-state index in [9.17, 15) is 0 Å². The summed E-state index contributed by atoms with van der Waals surface area (Å²) in [7, 11) is 0. The highest BCUT2D eigenvalue weighted by molar-refractivity contribution is 5.90. The van der Waals surface area contributed by atoms with Crippen molar-refractivity contribution in [2.24, 2.45) is 0 Å². The van der Waals surface area contributed by atoms with Gasteiger partial charge in [-0.05, 0) is 67.8 Å². The van der Waals surface area contributed by atoms with Gasteiger partial charge < -0.3 is 0 Å². The molecule has 0 fully saturated rings. The van der Waals surface area contributed by atoms with Crippen LogP contribution in [-0.4, -0.2) is 19.9 Å². The van der Waals surface area contributed by atoms with Crippen LogP contribution in [0.15, 0.2) is 194 Å². The van der Waals surface area contributed by atoms with Crippen molar-refractivity contribution in [3.05, 3.63) is 228 Å². The number of benzene rings is 8. The Morgan fingerprint density at radius 3 is 0.986 bits per heavy atom. The molecule has 0 unspecified atom stereocenters. The Balaban J connectivity index is 0.822. The van der Waals surface area contributed by atoms with Crippen molar-refractivity contribution in [2.45, 2.75) is 57.8 Å². The summed E-state index contributed by atoms with van der Waals surface area (Å²) in [4.78, 5) is 21.1. The molecule has 0 saturated carbocycles. The van der Waals surface area contributed by atoms with Gasteiger partial charge in [0.1, 0.15) is 0 Å². The third-order valence-corrected chi connectivity index (χ3v) is 15.5. The lowest BCUT2D eigenvalue weighted by Crippen LogP contribution is -2.17. The smallest absolute Gasteiger partial charge is 0.160 e. The molecule has 0 saturated heterocycles. The van der Waals surface area contributed by atoms with Crippen LogP contribution in [-0.2, 0) is 16.2 Å². The molecule has 2 heterocycles. The quantitative estimate of drug-likeness (QED) is 0.167. The minimum absolute atomic E-state index is 0.192. The van der Waals surface area contributed by atoms with Crippen LogP contribution in [0.4, 0.5) is 0 Å². The standard InChI is InChI=1S/C65H50N4/c1-63(2)53-37-45(39-25-29-41(30-26-39)57-55-59(49-21-13-15-23-51(49)64(55,3)4)68-61(66-57)43-17-9-7-10-18-43)33-35-47(53)48-36-34-46(38-54(48)63)40-27-31-42(32-28-40)58-56-60(50-22-14-16-24-52(50)65(56,5)6)69-62(67-58)44-19-11-8-12-20-44/h7-38H,1-6H3. The first-order chi connectivity index (χ1) is 33.5. The minimum Gasteiger partial charge on any atom is -0.228 e. The SMILES string of the molecule is CC1(C)c2cc(-c3ccc(-c4nc(-c5ccccc5)nc5c4C(C)(C)c4ccccc4-5)cc3)ccc2-c2ccc(-c3ccc(-c4nc(-c5ccccc5)nc5c4C(C)(C)c4ccccc4-5)cc3)cc21. The molecular formula is C65H50N4. The Kier molecular flexibility index (Phi) is 8.92. The summed E-state index contributed by atoms with van der Waals surface area (Å²) in [6.45, 7) is 14.0. The van der Waals surface area contributed by atoms with Crippen molar-refractivity contribution >= 4 is 0 Å². The van der Waals surface area contributed by atoms with Gasteiger partial charge in [0, 0.05) is 60.8 Å². The summed E-state index contributed by atoms with van der Waals surface area (Å²) in [5, 5.41) is 0. The van der Waals surface area contributed by atoms with E-state index in [4.69, 9.17) is 19.9 Å². The molecule has 69 heavy (non-hydrogen) atoms. The molecule has 2 aromatic heterocycles. The van der Waals surface area contributed by atoms with Crippen molar-refractivity contribution in [3.8, 4) is 101 Å². The molecule has 0 spiro atoms. The van der Waals surface area contributed by atoms with Crippen molar-refractivity contribution < 1.29 is 0 Å². The van der Waals surface area contributed by atoms with E-state index in [1.807, 2.05) is 12.1 Å². The summed E-state index contributed by atoms with van der Waals surface area (Å²) in [5.41, 5.74) is 25.0. The van der Waals surface area contributed by atoms with Gasteiger partial charge in [-0.2, -0.15) is 0 Å². The molecule has 3 aliphatic carbocycles. The first kappa shape index (κ1) is 41.1. The maximum atomic E-state index is 5.32. The van der Waals surface area contributed by atoms with Gasteiger partial charge in [0.05, 0.1) is 22.8 Å². The zero-order chi connectivity index (χ0) is 46.8.